The van der Waals surface area contributed by atoms with Crippen LogP contribution in [-0.2, 0) is 22.0 Å². The summed E-state index contributed by atoms with van der Waals surface area (Å²) in [5.41, 5.74) is 2.09. The van der Waals surface area contributed by atoms with E-state index in [1.54, 1.807) is 36.0 Å². The van der Waals surface area contributed by atoms with Crippen LogP contribution in [0.15, 0.2) is 62.8 Å². The van der Waals surface area contributed by atoms with Crippen molar-refractivity contribution < 1.29 is 12.9 Å². The van der Waals surface area contributed by atoms with Gasteiger partial charge in [0, 0.05) is 10.5 Å². The van der Waals surface area contributed by atoms with Gasteiger partial charge in [-0.1, -0.05) is 50.2 Å². The van der Waals surface area contributed by atoms with Gasteiger partial charge in [-0.3, -0.25) is 0 Å². The smallest absolute Gasteiger partial charge is 0.242 e. The van der Waals surface area contributed by atoms with Gasteiger partial charge < -0.3 is 4.52 Å². The van der Waals surface area contributed by atoms with Gasteiger partial charge >= 0.3 is 0 Å². The molecule has 148 valence electrons. The van der Waals surface area contributed by atoms with E-state index < -0.39 is 10.0 Å². The number of nitrogens with zero attached hydrogens (tertiary/aromatic N) is 2. The highest BCUT2D eigenvalue weighted by Crippen LogP contribution is 2.25. The van der Waals surface area contributed by atoms with E-state index in [0.717, 1.165) is 10.5 Å². The van der Waals surface area contributed by atoms with Crippen LogP contribution in [0.3, 0.4) is 0 Å². The van der Waals surface area contributed by atoms with Crippen LogP contribution >= 0.6 is 11.8 Å². The van der Waals surface area contributed by atoms with Gasteiger partial charge in [0.25, 0.3) is 0 Å². The molecule has 3 rings (SSSR count). The highest BCUT2D eigenvalue weighted by molar-refractivity contribution is 7.98. The van der Waals surface area contributed by atoms with Gasteiger partial charge in [-0.05, 0) is 41.5 Å². The van der Waals surface area contributed by atoms with Crippen LogP contribution in [0, 0.1) is 0 Å². The van der Waals surface area contributed by atoms with Gasteiger partial charge in [0.05, 0.1) is 11.4 Å². The molecular weight excluding hydrogens is 394 g/mol. The van der Waals surface area contributed by atoms with Gasteiger partial charge in [-0.25, -0.2) is 13.1 Å². The number of thioether (sulfide) groups is 1. The third kappa shape index (κ3) is 4.81. The zero-order chi connectivity index (χ0) is 20.4. The summed E-state index contributed by atoms with van der Waals surface area (Å²) in [5.74, 6) is 0.637. The lowest BCUT2D eigenvalue weighted by Gasteiger charge is -2.18. The van der Waals surface area contributed by atoms with E-state index in [2.05, 4.69) is 35.6 Å². The molecule has 0 saturated heterocycles. The molecule has 1 N–H and O–H groups in total. The zero-order valence-corrected chi connectivity index (χ0v) is 17.9. The predicted octanol–water partition coefficient (Wildman–Crippen LogP) is 4.23. The quantitative estimate of drug-likeness (QED) is 0.604. The maximum absolute atomic E-state index is 12.4. The Morgan fingerprint density at radius 1 is 1.04 bits per heavy atom. The van der Waals surface area contributed by atoms with Crippen LogP contribution in [0.1, 0.15) is 32.2 Å². The second-order valence-corrected chi connectivity index (χ2v) is 9.99. The molecule has 0 aliphatic heterocycles. The number of sulfonamides is 1. The summed E-state index contributed by atoms with van der Waals surface area (Å²) < 4.78 is 32.5. The Kier molecular flexibility index (Phi) is 5.92. The van der Waals surface area contributed by atoms with Crippen molar-refractivity contribution >= 4 is 21.8 Å². The molecule has 0 unspecified atom stereocenters. The Morgan fingerprint density at radius 3 is 2.25 bits per heavy atom. The lowest BCUT2D eigenvalue weighted by molar-refractivity contribution is 0.376. The first-order valence-electron chi connectivity index (χ1n) is 8.76. The molecule has 1 aromatic heterocycles. The third-order valence-electron chi connectivity index (χ3n) is 4.26. The van der Waals surface area contributed by atoms with Gasteiger partial charge in [0.2, 0.25) is 21.7 Å². The lowest BCUT2D eigenvalue weighted by Crippen LogP contribution is -2.23. The van der Waals surface area contributed by atoms with E-state index in [1.165, 1.54) is 5.56 Å². The average Bonchev–Trinajstić information content (AvgIpc) is 3.15. The fraction of sp³-hybridized carbons (Fsp3) is 0.300. The number of benzene rings is 2. The van der Waals surface area contributed by atoms with Gasteiger partial charge in [0.1, 0.15) is 0 Å². The van der Waals surface area contributed by atoms with Crippen molar-refractivity contribution in [2.75, 3.05) is 6.26 Å². The molecule has 0 bridgehead atoms. The molecule has 0 amide bonds. The number of hydrogen-bond acceptors (Lipinski definition) is 6. The average molecular weight is 418 g/mol. The SMILES string of the molecule is CSc1ccc(S(=O)(=O)NCc2nc(-c3ccc(C(C)(C)C)cc3)no2)cc1. The first-order valence-corrected chi connectivity index (χ1v) is 11.5. The van der Waals surface area contributed by atoms with Crippen molar-refractivity contribution in [3.05, 3.63) is 60.0 Å². The van der Waals surface area contributed by atoms with Gasteiger partial charge in [-0.2, -0.15) is 4.98 Å². The largest absolute Gasteiger partial charge is 0.338 e. The van der Waals surface area contributed by atoms with E-state index in [9.17, 15) is 8.42 Å². The van der Waals surface area contributed by atoms with Gasteiger partial charge in [0.15, 0.2) is 0 Å². The monoisotopic (exact) mass is 417 g/mol. The van der Waals surface area contributed by atoms with Crippen molar-refractivity contribution in [1.29, 1.82) is 0 Å². The zero-order valence-electron chi connectivity index (χ0n) is 16.3. The Labute approximate surface area is 169 Å². The Balaban J connectivity index is 1.69. The van der Waals surface area contributed by atoms with Crippen molar-refractivity contribution in [3.8, 4) is 11.4 Å². The van der Waals surface area contributed by atoms with Crippen molar-refractivity contribution in [2.24, 2.45) is 0 Å². The van der Waals surface area contributed by atoms with Crippen molar-refractivity contribution in [3.63, 3.8) is 0 Å². The molecule has 1 heterocycles. The van der Waals surface area contributed by atoms with Crippen LogP contribution in [-0.4, -0.2) is 24.8 Å². The Morgan fingerprint density at radius 2 is 1.68 bits per heavy atom. The molecule has 0 atom stereocenters. The molecule has 0 fully saturated rings. The van der Waals surface area contributed by atoms with Crippen LogP contribution in [0.5, 0.6) is 0 Å². The molecule has 0 saturated carbocycles. The van der Waals surface area contributed by atoms with E-state index >= 15 is 0 Å². The molecule has 2 aromatic carbocycles. The third-order valence-corrected chi connectivity index (χ3v) is 6.42. The van der Waals surface area contributed by atoms with Crippen molar-refractivity contribution in [1.82, 2.24) is 14.9 Å². The molecule has 0 aliphatic carbocycles. The second-order valence-electron chi connectivity index (χ2n) is 7.34. The fourth-order valence-electron chi connectivity index (χ4n) is 2.56. The standard InChI is InChI=1S/C20H23N3O3S2/c1-20(2,3)15-7-5-14(6-8-15)19-22-18(26-23-19)13-21-28(24,25)17-11-9-16(27-4)10-12-17/h5-12,21H,13H2,1-4H3. The maximum atomic E-state index is 12.4. The number of hydrogen-bond donors (Lipinski definition) is 1. The minimum Gasteiger partial charge on any atom is -0.338 e. The molecule has 3 aromatic rings. The van der Waals surface area contributed by atoms with E-state index in [0.29, 0.717) is 5.82 Å². The molecule has 0 radical (unpaired) electrons. The molecule has 0 aliphatic rings. The summed E-state index contributed by atoms with van der Waals surface area (Å²) in [7, 11) is -3.65. The van der Waals surface area contributed by atoms with Gasteiger partial charge in [-0.15, -0.1) is 11.8 Å². The number of aromatic nitrogens is 2. The molecule has 0 spiro atoms. The van der Waals surface area contributed by atoms with Crippen molar-refractivity contribution in [2.45, 2.75) is 42.5 Å². The highest BCUT2D eigenvalue weighted by Gasteiger charge is 2.17. The normalized spacial score (nSPS) is 12.3. The highest BCUT2D eigenvalue weighted by atomic mass is 32.2. The first kappa shape index (κ1) is 20.6. The minimum absolute atomic E-state index is 0.0627. The minimum atomic E-state index is -3.65. The summed E-state index contributed by atoms with van der Waals surface area (Å²) >= 11 is 1.55. The topological polar surface area (TPSA) is 85.1 Å². The Bertz CT molecular complexity index is 1040. The predicted molar refractivity (Wildman–Crippen MR) is 111 cm³/mol. The summed E-state index contributed by atoms with van der Waals surface area (Å²) in [6.45, 7) is 6.37. The molecule has 6 nitrogen and oxygen atoms in total. The summed E-state index contributed by atoms with van der Waals surface area (Å²) in [6, 6.07) is 14.6. The maximum Gasteiger partial charge on any atom is 0.242 e. The van der Waals surface area contributed by atoms with Crippen LogP contribution in [0.25, 0.3) is 11.4 Å². The molecule has 28 heavy (non-hydrogen) atoms. The number of rotatable bonds is 6. The molecule has 8 heteroatoms. The van der Waals surface area contributed by atoms with Crippen LogP contribution in [0.4, 0.5) is 0 Å². The summed E-state index contributed by atoms with van der Waals surface area (Å²) in [6.07, 6.45) is 1.94. The van der Waals surface area contributed by atoms with E-state index in [4.69, 9.17) is 4.52 Å². The van der Waals surface area contributed by atoms with E-state index in [-0.39, 0.29) is 22.7 Å². The second kappa shape index (κ2) is 8.06. The van der Waals surface area contributed by atoms with Crippen LogP contribution in [0.2, 0.25) is 0 Å². The number of nitrogens with one attached hydrogen (secondary N) is 1. The van der Waals surface area contributed by atoms with E-state index in [1.807, 2.05) is 30.5 Å². The summed E-state index contributed by atoms with van der Waals surface area (Å²) in [5, 5.41) is 3.95. The van der Waals surface area contributed by atoms with Crippen LogP contribution < -0.4 is 4.72 Å². The lowest BCUT2D eigenvalue weighted by atomic mass is 9.87. The molecular formula is C20H23N3O3S2. The first-order chi connectivity index (χ1) is 13.2. The summed E-state index contributed by atoms with van der Waals surface area (Å²) in [4.78, 5) is 5.48. The fourth-order valence-corrected chi connectivity index (χ4v) is 3.94. The Hall–Kier alpha value is -2.16.